The molecule has 3 heteroatoms. The third kappa shape index (κ3) is 4.46. The van der Waals surface area contributed by atoms with Crippen LogP contribution in [0.2, 0.25) is 0 Å². The number of allylic oxidation sites excluding steroid dienone is 1. The first kappa shape index (κ1) is 20.0. The van der Waals surface area contributed by atoms with E-state index < -0.39 is 0 Å². The molecule has 0 amide bonds. The van der Waals surface area contributed by atoms with Crippen molar-refractivity contribution in [2.24, 2.45) is 0 Å². The Balaban J connectivity index is 1.49. The third-order valence-electron chi connectivity index (χ3n) is 5.46. The molecule has 152 valence electrons. The summed E-state index contributed by atoms with van der Waals surface area (Å²) in [7, 11) is 0. The molecule has 0 fully saturated rings. The first-order chi connectivity index (χ1) is 14.8. The molecule has 0 aliphatic rings. The number of ether oxygens (including phenoxy) is 1. The lowest BCUT2D eigenvalue weighted by atomic mass is 10.1. The summed E-state index contributed by atoms with van der Waals surface area (Å²) in [4.78, 5) is 4.94. The van der Waals surface area contributed by atoms with Crippen LogP contribution in [0.5, 0.6) is 5.75 Å². The topological polar surface area (TPSA) is 27.1 Å². The van der Waals surface area contributed by atoms with E-state index in [-0.39, 0.29) is 0 Å². The fraction of sp³-hybridized carbons (Fsp3) is 0.222. The van der Waals surface area contributed by atoms with Crippen LogP contribution in [-0.4, -0.2) is 16.2 Å². The van der Waals surface area contributed by atoms with Crippen LogP contribution in [0.1, 0.15) is 28.9 Å². The Bertz CT molecular complexity index is 1140. The van der Waals surface area contributed by atoms with Crippen molar-refractivity contribution in [3.8, 4) is 5.75 Å². The van der Waals surface area contributed by atoms with Gasteiger partial charge >= 0.3 is 0 Å². The van der Waals surface area contributed by atoms with Gasteiger partial charge < -0.3 is 9.30 Å². The normalized spacial score (nSPS) is 11.0. The van der Waals surface area contributed by atoms with Gasteiger partial charge in [-0.15, -0.1) is 6.58 Å². The SMILES string of the molecule is C=CCc1ccccc1OCCCn1c(Cc2ccccc2C)nc2ccccc21. The summed E-state index contributed by atoms with van der Waals surface area (Å²) in [5, 5.41) is 0. The minimum absolute atomic E-state index is 0.671. The zero-order chi connectivity index (χ0) is 20.8. The molecule has 4 rings (SSSR count). The Morgan fingerprint density at radius 1 is 0.933 bits per heavy atom. The highest BCUT2D eigenvalue weighted by Gasteiger charge is 2.12. The van der Waals surface area contributed by atoms with Gasteiger partial charge in [0.05, 0.1) is 17.6 Å². The van der Waals surface area contributed by atoms with E-state index in [4.69, 9.17) is 9.72 Å². The van der Waals surface area contributed by atoms with Gasteiger partial charge in [-0.3, -0.25) is 0 Å². The molecule has 0 spiro atoms. The average Bonchev–Trinajstić information content (AvgIpc) is 3.11. The van der Waals surface area contributed by atoms with Gasteiger partial charge in [-0.05, 0) is 54.7 Å². The summed E-state index contributed by atoms with van der Waals surface area (Å²) in [6.07, 6.45) is 4.49. The molecule has 0 unspecified atom stereocenters. The molecular formula is C27H28N2O. The quantitative estimate of drug-likeness (QED) is 0.251. The van der Waals surface area contributed by atoms with E-state index in [0.29, 0.717) is 6.61 Å². The van der Waals surface area contributed by atoms with Crippen molar-refractivity contribution in [1.82, 2.24) is 9.55 Å². The lowest BCUT2D eigenvalue weighted by molar-refractivity contribution is 0.299. The standard InChI is InChI=1S/C27H28N2O/c1-3-11-22-13-6-9-17-26(22)30-19-10-18-29-25-16-8-7-15-24(25)28-27(29)20-23-14-5-4-12-21(23)2/h3-9,12-17H,1,10-11,18-20H2,2H3. The van der Waals surface area contributed by atoms with Crippen LogP contribution < -0.4 is 4.74 Å². The maximum atomic E-state index is 6.10. The Hall–Kier alpha value is -3.33. The number of fused-ring (bicyclic) bond motifs is 1. The van der Waals surface area contributed by atoms with E-state index in [0.717, 1.165) is 42.9 Å². The Morgan fingerprint density at radius 2 is 1.67 bits per heavy atom. The second-order valence-corrected chi connectivity index (χ2v) is 7.57. The number of rotatable bonds is 9. The van der Waals surface area contributed by atoms with Crippen molar-refractivity contribution in [2.75, 3.05) is 6.61 Å². The number of aryl methyl sites for hydroxylation is 2. The number of hydrogen-bond acceptors (Lipinski definition) is 2. The molecule has 3 aromatic carbocycles. The summed E-state index contributed by atoms with van der Waals surface area (Å²) < 4.78 is 8.44. The molecular weight excluding hydrogens is 368 g/mol. The predicted molar refractivity (Wildman–Crippen MR) is 124 cm³/mol. The monoisotopic (exact) mass is 396 g/mol. The van der Waals surface area contributed by atoms with E-state index in [2.05, 4.69) is 72.7 Å². The van der Waals surface area contributed by atoms with E-state index >= 15 is 0 Å². The Kier molecular flexibility index (Phi) is 6.29. The second-order valence-electron chi connectivity index (χ2n) is 7.57. The first-order valence-corrected chi connectivity index (χ1v) is 10.6. The van der Waals surface area contributed by atoms with E-state index in [1.807, 2.05) is 24.3 Å². The number of para-hydroxylation sites is 3. The first-order valence-electron chi connectivity index (χ1n) is 10.6. The van der Waals surface area contributed by atoms with Gasteiger partial charge in [-0.25, -0.2) is 4.98 Å². The largest absolute Gasteiger partial charge is 0.493 e. The van der Waals surface area contributed by atoms with Gasteiger partial charge in [0.15, 0.2) is 0 Å². The molecule has 0 bridgehead atoms. The van der Waals surface area contributed by atoms with E-state index in [1.165, 1.54) is 22.2 Å². The summed E-state index contributed by atoms with van der Waals surface area (Å²) in [6, 6.07) is 25.1. The smallest absolute Gasteiger partial charge is 0.122 e. The van der Waals surface area contributed by atoms with Gasteiger partial charge in [0.25, 0.3) is 0 Å². The molecule has 4 aromatic rings. The van der Waals surface area contributed by atoms with Crippen LogP contribution in [0, 0.1) is 6.92 Å². The van der Waals surface area contributed by atoms with Crippen molar-refractivity contribution in [3.05, 3.63) is 108 Å². The predicted octanol–water partition coefficient (Wildman–Crippen LogP) is 6.13. The van der Waals surface area contributed by atoms with Crippen LogP contribution >= 0.6 is 0 Å². The zero-order valence-electron chi connectivity index (χ0n) is 17.6. The summed E-state index contributed by atoms with van der Waals surface area (Å²) in [6.45, 7) is 7.56. The fourth-order valence-electron chi connectivity index (χ4n) is 3.86. The lowest BCUT2D eigenvalue weighted by Crippen LogP contribution is -2.09. The number of imidazole rings is 1. The lowest BCUT2D eigenvalue weighted by Gasteiger charge is -2.13. The molecule has 0 N–H and O–H groups in total. The van der Waals surface area contributed by atoms with Crippen LogP contribution in [-0.2, 0) is 19.4 Å². The number of benzene rings is 3. The van der Waals surface area contributed by atoms with Crippen LogP contribution in [0.4, 0.5) is 0 Å². The van der Waals surface area contributed by atoms with Gasteiger partial charge in [0, 0.05) is 13.0 Å². The van der Waals surface area contributed by atoms with E-state index in [9.17, 15) is 0 Å². The minimum Gasteiger partial charge on any atom is -0.493 e. The number of aromatic nitrogens is 2. The molecule has 0 aliphatic carbocycles. The molecule has 0 saturated heterocycles. The molecule has 0 saturated carbocycles. The number of hydrogen-bond donors (Lipinski definition) is 0. The van der Waals surface area contributed by atoms with Gasteiger partial charge in [0.1, 0.15) is 11.6 Å². The van der Waals surface area contributed by atoms with Crippen LogP contribution in [0.3, 0.4) is 0 Å². The Labute approximate surface area is 178 Å². The highest BCUT2D eigenvalue weighted by Crippen LogP contribution is 2.22. The third-order valence-corrected chi connectivity index (χ3v) is 5.46. The summed E-state index contributed by atoms with van der Waals surface area (Å²) in [5.74, 6) is 2.06. The Morgan fingerprint density at radius 3 is 2.50 bits per heavy atom. The number of nitrogens with zero attached hydrogens (tertiary/aromatic N) is 2. The molecule has 0 atom stereocenters. The summed E-state index contributed by atoms with van der Waals surface area (Å²) in [5.41, 5.74) is 6.05. The fourth-order valence-corrected chi connectivity index (χ4v) is 3.86. The maximum Gasteiger partial charge on any atom is 0.122 e. The molecule has 1 aromatic heterocycles. The van der Waals surface area contributed by atoms with Gasteiger partial charge in [-0.2, -0.15) is 0 Å². The van der Waals surface area contributed by atoms with Crippen LogP contribution in [0.25, 0.3) is 11.0 Å². The molecule has 1 heterocycles. The van der Waals surface area contributed by atoms with Crippen molar-refractivity contribution in [2.45, 2.75) is 32.7 Å². The maximum absolute atomic E-state index is 6.10. The highest BCUT2D eigenvalue weighted by atomic mass is 16.5. The van der Waals surface area contributed by atoms with E-state index in [1.54, 1.807) is 0 Å². The van der Waals surface area contributed by atoms with Crippen LogP contribution in [0.15, 0.2) is 85.5 Å². The highest BCUT2D eigenvalue weighted by molar-refractivity contribution is 5.76. The minimum atomic E-state index is 0.671. The van der Waals surface area contributed by atoms with Crippen molar-refractivity contribution >= 4 is 11.0 Å². The average molecular weight is 397 g/mol. The second kappa shape index (κ2) is 9.45. The molecule has 0 aliphatic heterocycles. The zero-order valence-corrected chi connectivity index (χ0v) is 17.6. The van der Waals surface area contributed by atoms with Crippen molar-refractivity contribution in [1.29, 1.82) is 0 Å². The van der Waals surface area contributed by atoms with Gasteiger partial charge in [-0.1, -0.05) is 60.7 Å². The van der Waals surface area contributed by atoms with Crippen molar-refractivity contribution < 1.29 is 4.74 Å². The molecule has 30 heavy (non-hydrogen) atoms. The summed E-state index contributed by atoms with van der Waals surface area (Å²) >= 11 is 0. The van der Waals surface area contributed by atoms with Crippen molar-refractivity contribution in [3.63, 3.8) is 0 Å². The van der Waals surface area contributed by atoms with Gasteiger partial charge in [0.2, 0.25) is 0 Å². The molecule has 3 nitrogen and oxygen atoms in total. The molecule has 0 radical (unpaired) electrons.